The fourth-order valence-electron chi connectivity index (χ4n) is 1.68. The minimum atomic E-state index is -0.949. The maximum atomic E-state index is 10.7. The third-order valence-corrected chi connectivity index (χ3v) is 2.99. The number of aliphatic carboxylic acids is 2. The minimum absolute atomic E-state index is 0.0953. The number of benzene rings is 1. The van der Waals surface area contributed by atoms with Crippen LogP contribution in [0.15, 0.2) is 18.2 Å². The first-order valence-electron chi connectivity index (χ1n) is 5.96. The first-order chi connectivity index (χ1) is 9.43. The highest BCUT2D eigenvalue weighted by Crippen LogP contribution is 2.30. The van der Waals surface area contributed by atoms with Gasteiger partial charge in [-0.15, -0.1) is 0 Å². The Balaban J connectivity index is 2.89. The molecule has 0 bridgehead atoms. The molecule has 0 heterocycles. The van der Waals surface area contributed by atoms with Crippen LogP contribution in [0.1, 0.15) is 12.8 Å². The van der Waals surface area contributed by atoms with Crippen LogP contribution in [0.3, 0.4) is 0 Å². The van der Waals surface area contributed by atoms with E-state index in [1.807, 2.05) is 0 Å². The Bertz CT molecular complexity index is 474. The molecule has 0 saturated heterocycles. The van der Waals surface area contributed by atoms with Crippen LogP contribution in [0, 0.1) is 0 Å². The number of ether oxygens (including phenoxy) is 1. The van der Waals surface area contributed by atoms with Gasteiger partial charge in [-0.2, -0.15) is 0 Å². The Morgan fingerprint density at radius 2 is 1.75 bits per heavy atom. The van der Waals surface area contributed by atoms with E-state index in [0.29, 0.717) is 16.5 Å². The van der Waals surface area contributed by atoms with Crippen molar-refractivity contribution in [2.45, 2.75) is 12.8 Å². The van der Waals surface area contributed by atoms with Crippen molar-refractivity contribution in [1.82, 2.24) is 0 Å². The zero-order valence-corrected chi connectivity index (χ0v) is 11.8. The molecule has 1 aromatic rings. The molecule has 2 N–H and O–H groups in total. The number of carboxylic acid groups (broad SMARTS) is 2. The molecule has 0 aromatic heterocycles. The van der Waals surface area contributed by atoms with Crippen molar-refractivity contribution in [2.75, 3.05) is 25.1 Å². The number of halogens is 1. The van der Waals surface area contributed by atoms with Crippen LogP contribution in [0.25, 0.3) is 0 Å². The van der Waals surface area contributed by atoms with Crippen molar-refractivity contribution in [3.8, 4) is 5.75 Å². The van der Waals surface area contributed by atoms with Gasteiger partial charge in [0.1, 0.15) is 5.75 Å². The molecular weight excluding hydrogens is 286 g/mol. The van der Waals surface area contributed by atoms with Gasteiger partial charge in [-0.25, -0.2) is 0 Å². The molecule has 0 fully saturated rings. The lowest BCUT2D eigenvalue weighted by Gasteiger charge is -2.24. The molecule has 0 aliphatic heterocycles. The van der Waals surface area contributed by atoms with E-state index in [9.17, 15) is 9.59 Å². The summed E-state index contributed by atoms with van der Waals surface area (Å²) < 4.78 is 5.03. The first kappa shape index (κ1) is 16.1. The number of hydrogen-bond donors (Lipinski definition) is 2. The van der Waals surface area contributed by atoms with Crippen LogP contribution >= 0.6 is 11.6 Å². The summed E-state index contributed by atoms with van der Waals surface area (Å²) >= 11 is 6.12. The second-order valence-corrected chi connectivity index (χ2v) is 4.50. The minimum Gasteiger partial charge on any atom is -0.497 e. The zero-order valence-electron chi connectivity index (χ0n) is 11.0. The summed E-state index contributed by atoms with van der Waals surface area (Å²) in [6.07, 6.45) is -0.191. The number of nitrogens with zero attached hydrogens (tertiary/aromatic N) is 1. The molecule has 7 heteroatoms. The molecule has 0 unspecified atom stereocenters. The molecule has 0 saturated carbocycles. The van der Waals surface area contributed by atoms with E-state index < -0.39 is 11.9 Å². The molecular formula is C13H16ClNO5. The third kappa shape index (κ3) is 4.97. The summed E-state index contributed by atoms with van der Waals surface area (Å²) in [5, 5.41) is 17.9. The lowest BCUT2D eigenvalue weighted by molar-refractivity contribution is -0.137. The first-order valence-corrected chi connectivity index (χ1v) is 6.34. The van der Waals surface area contributed by atoms with E-state index in [2.05, 4.69) is 0 Å². The van der Waals surface area contributed by atoms with Crippen molar-refractivity contribution in [1.29, 1.82) is 0 Å². The second kappa shape index (κ2) is 7.59. The van der Waals surface area contributed by atoms with Crippen molar-refractivity contribution < 1.29 is 24.5 Å². The molecule has 1 aromatic carbocycles. The Labute approximate surface area is 121 Å². The SMILES string of the molecule is COc1ccc(N(CCC(=O)O)CCC(=O)O)c(Cl)c1. The monoisotopic (exact) mass is 301 g/mol. The topological polar surface area (TPSA) is 87.1 Å². The largest absolute Gasteiger partial charge is 0.497 e. The Kier molecular flexibility index (Phi) is 6.11. The zero-order chi connectivity index (χ0) is 15.1. The molecule has 0 spiro atoms. The predicted octanol–water partition coefficient (Wildman–Crippen LogP) is 2.10. The van der Waals surface area contributed by atoms with E-state index in [4.69, 9.17) is 26.6 Å². The number of rotatable bonds is 8. The fourth-order valence-corrected chi connectivity index (χ4v) is 1.98. The lowest BCUT2D eigenvalue weighted by atomic mass is 10.2. The van der Waals surface area contributed by atoms with E-state index >= 15 is 0 Å². The van der Waals surface area contributed by atoms with Crippen molar-refractivity contribution in [2.24, 2.45) is 0 Å². The molecule has 110 valence electrons. The van der Waals surface area contributed by atoms with Crippen LogP contribution in [-0.4, -0.2) is 42.4 Å². The number of carboxylic acids is 2. The third-order valence-electron chi connectivity index (χ3n) is 2.69. The smallest absolute Gasteiger partial charge is 0.305 e. The van der Waals surface area contributed by atoms with Gasteiger partial charge in [-0.3, -0.25) is 9.59 Å². The maximum absolute atomic E-state index is 10.7. The van der Waals surface area contributed by atoms with Crippen molar-refractivity contribution in [3.05, 3.63) is 23.2 Å². The highest BCUT2D eigenvalue weighted by atomic mass is 35.5. The number of anilines is 1. The van der Waals surface area contributed by atoms with Gasteiger partial charge in [0.05, 0.1) is 30.7 Å². The Morgan fingerprint density at radius 3 is 2.15 bits per heavy atom. The summed E-state index contributed by atoms with van der Waals surface area (Å²) in [5.41, 5.74) is 0.593. The fraction of sp³-hybridized carbons (Fsp3) is 0.385. The molecule has 0 radical (unpaired) electrons. The number of carbonyl (C=O) groups is 2. The van der Waals surface area contributed by atoms with Crippen LogP contribution in [0.5, 0.6) is 5.75 Å². The van der Waals surface area contributed by atoms with Gasteiger partial charge in [-0.05, 0) is 12.1 Å². The van der Waals surface area contributed by atoms with Crippen LogP contribution < -0.4 is 9.64 Å². The van der Waals surface area contributed by atoms with E-state index in [-0.39, 0.29) is 25.9 Å². The Hall–Kier alpha value is -1.95. The lowest BCUT2D eigenvalue weighted by Crippen LogP contribution is -2.29. The van der Waals surface area contributed by atoms with Crippen molar-refractivity contribution in [3.63, 3.8) is 0 Å². The molecule has 0 aliphatic rings. The van der Waals surface area contributed by atoms with Gasteiger partial charge in [0, 0.05) is 19.2 Å². The normalized spacial score (nSPS) is 10.1. The van der Waals surface area contributed by atoms with Gasteiger partial charge in [0.15, 0.2) is 0 Å². The van der Waals surface area contributed by atoms with Gasteiger partial charge in [-0.1, -0.05) is 11.6 Å². The van der Waals surface area contributed by atoms with Gasteiger partial charge >= 0.3 is 11.9 Å². The number of methoxy groups -OCH3 is 1. The van der Waals surface area contributed by atoms with Crippen LogP contribution in [0.4, 0.5) is 5.69 Å². The quantitative estimate of drug-likeness (QED) is 0.764. The molecule has 1 rings (SSSR count). The summed E-state index contributed by atoms with van der Waals surface area (Å²) in [6, 6.07) is 4.98. The van der Waals surface area contributed by atoms with Crippen LogP contribution in [-0.2, 0) is 9.59 Å². The predicted molar refractivity (Wildman–Crippen MR) is 74.7 cm³/mol. The highest BCUT2D eigenvalue weighted by molar-refractivity contribution is 6.33. The van der Waals surface area contributed by atoms with Gasteiger partial charge in [0.2, 0.25) is 0 Å². The van der Waals surface area contributed by atoms with Gasteiger partial charge in [0.25, 0.3) is 0 Å². The highest BCUT2D eigenvalue weighted by Gasteiger charge is 2.14. The summed E-state index contributed by atoms with van der Waals surface area (Å²) in [7, 11) is 1.51. The molecule has 20 heavy (non-hydrogen) atoms. The van der Waals surface area contributed by atoms with Crippen LogP contribution in [0.2, 0.25) is 5.02 Å². The Morgan fingerprint density at radius 1 is 1.20 bits per heavy atom. The van der Waals surface area contributed by atoms with E-state index in [0.717, 1.165) is 0 Å². The van der Waals surface area contributed by atoms with E-state index in [1.165, 1.54) is 7.11 Å². The average molecular weight is 302 g/mol. The van der Waals surface area contributed by atoms with E-state index in [1.54, 1.807) is 23.1 Å². The molecule has 0 atom stereocenters. The molecule has 0 aliphatic carbocycles. The van der Waals surface area contributed by atoms with Crippen molar-refractivity contribution >= 4 is 29.2 Å². The number of hydrogen-bond acceptors (Lipinski definition) is 4. The summed E-state index contributed by atoms with van der Waals surface area (Å²) in [6.45, 7) is 0.378. The average Bonchev–Trinajstić information content (AvgIpc) is 2.39. The summed E-state index contributed by atoms with van der Waals surface area (Å²) in [5.74, 6) is -1.32. The second-order valence-electron chi connectivity index (χ2n) is 4.09. The standard InChI is InChI=1S/C13H16ClNO5/c1-20-9-2-3-11(10(14)8-9)15(6-4-12(16)17)7-5-13(18)19/h2-3,8H,4-7H2,1H3,(H,16,17)(H,18,19). The van der Waals surface area contributed by atoms with Gasteiger partial charge < -0.3 is 19.8 Å². The molecule has 6 nitrogen and oxygen atoms in total. The molecule has 0 amide bonds. The maximum Gasteiger partial charge on any atom is 0.305 e. The summed E-state index contributed by atoms with van der Waals surface area (Å²) in [4.78, 5) is 23.0.